The van der Waals surface area contributed by atoms with Crippen molar-refractivity contribution < 1.29 is 13.7 Å². The maximum atomic E-state index is 12.5. The number of hydrogen-bond donors (Lipinski definition) is 0. The number of nitrogens with zero attached hydrogens (tertiary/aromatic N) is 1. The molecule has 5 heteroatoms. The minimum Gasteiger partial charge on any atom is -0.468 e. The molecule has 0 radical (unpaired) electrons. The minimum absolute atomic E-state index is 0.00168. The number of carbonyl (C=O) groups excluding carboxylic acids is 1. The molecule has 0 spiro atoms. The molecule has 0 heterocycles. The first kappa shape index (κ1) is 18.7. The van der Waals surface area contributed by atoms with Crippen molar-refractivity contribution in [2.24, 2.45) is 0 Å². The SMILES string of the molecule is CCCCS(=O)N(CC(=O)OC)c1ccc(C(C)(C)C)cc1. The summed E-state index contributed by atoms with van der Waals surface area (Å²) in [5, 5.41) is 0. The second kappa shape index (κ2) is 8.32. The maximum absolute atomic E-state index is 12.5. The Labute approximate surface area is 136 Å². The third-order valence-corrected chi connectivity index (χ3v) is 4.91. The fourth-order valence-corrected chi connectivity index (χ4v) is 3.33. The van der Waals surface area contributed by atoms with Gasteiger partial charge in [-0.05, 0) is 29.5 Å². The molecule has 22 heavy (non-hydrogen) atoms. The number of anilines is 1. The molecule has 1 rings (SSSR count). The van der Waals surface area contributed by atoms with E-state index >= 15 is 0 Å². The van der Waals surface area contributed by atoms with Gasteiger partial charge in [-0.15, -0.1) is 0 Å². The molecule has 0 aliphatic carbocycles. The molecule has 1 aromatic carbocycles. The average molecular weight is 325 g/mol. The molecule has 1 atom stereocenters. The first-order valence-corrected chi connectivity index (χ1v) is 8.90. The van der Waals surface area contributed by atoms with E-state index in [1.165, 1.54) is 12.7 Å². The number of ether oxygens (including phenoxy) is 1. The van der Waals surface area contributed by atoms with Crippen molar-refractivity contribution in [2.75, 3.05) is 23.7 Å². The number of hydrogen-bond acceptors (Lipinski definition) is 3. The Morgan fingerprint density at radius 2 is 1.82 bits per heavy atom. The van der Waals surface area contributed by atoms with Crippen LogP contribution in [0, 0.1) is 0 Å². The maximum Gasteiger partial charge on any atom is 0.326 e. The van der Waals surface area contributed by atoms with Crippen LogP contribution in [-0.4, -0.2) is 29.6 Å². The molecule has 0 fully saturated rings. The average Bonchev–Trinajstić information content (AvgIpc) is 2.49. The minimum atomic E-state index is -1.23. The largest absolute Gasteiger partial charge is 0.468 e. The number of benzene rings is 1. The molecule has 0 aromatic heterocycles. The van der Waals surface area contributed by atoms with Gasteiger partial charge in [0.2, 0.25) is 0 Å². The van der Waals surface area contributed by atoms with Crippen LogP contribution < -0.4 is 4.31 Å². The highest BCUT2D eigenvalue weighted by atomic mass is 32.2. The number of unbranched alkanes of at least 4 members (excludes halogenated alkanes) is 1. The highest BCUT2D eigenvalue weighted by Gasteiger charge is 2.19. The third-order valence-electron chi connectivity index (χ3n) is 3.44. The van der Waals surface area contributed by atoms with Gasteiger partial charge in [0.05, 0.1) is 7.11 Å². The van der Waals surface area contributed by atoms with Crippen LogP contribution in [0.1, 0.15) is 46.1 Å². The van der Waals surface area contributed by atoms with Gasteiger partial charge in [-0.1, -0.05) is 46.2 Å². The quantitative estimate of drug-likeness (QED) is 0.722. The molecular weight excluding hydrogens is 298 g/mol. The summed E-state index contributed by atoms with van der Waals surface area (Å²) in [6, 6.07) is 7.90. The lowest BCUT2D eigenvalue weighted by molar-refractivity contribution is -0.138. The van der Waals surface area contributed by atoms with Crippen LogP contribution in [0.3, 0.4) is 0 Å². The van der Waals surface area contributed by atoms with Crippen molar-refractivity contribution in [3.05, 3.63) is 29.8 Å². The van der Waals surface area contributed by atoms with E-state index < -0.39 is 11.0 Å². The third kappa shape index (κ3) is 5.44. The first-order valence-electron chi connectivity index (χ1n) is 7.63. The summed E-state index contributed by atoms with van der Waals surface area (Å²) >= 11 is 0. The summed E-state index contributed by atoms with van der Waals surface area (Å²) in [4.78, 5) is 11.6. The molecule has 1 aromatic rings. The Kier molecular flexibility index (Phi) is 7.07. The zero-order valence-electron chi connectivity index (χ0n) is 14.2. The zero-order chi connectivity index (χ0) is 16.8. The van der Waals surface area contributed by atoms with E-state index in [-0.39, 0.29) is 17.9 Å². The van der Waals surface area contributed by atoms with Crippen LogP contribution in [-0.2, 0) is 25.9 Å². The topological polar surface area (TPSA) is 46.6 Å². The van der Waals surface area contributed by atoms with Crippen molar-refractivity contribution >= 4 is 22.6 Å². The molecule has 0 N–H and O–H groups in total. The summed E-state index contributed by atoms with van der Waals surface area (Å²) in [6.45, 7) is 8.50. The van der Waals surface area contributed by atoms with Gasteiger partial charge in [0.15, 0.2) is 0 Å². The van der Waals surface area contributed by atoms with Gasteiger partial charge in [-0.25, -0.2) is 4.21 Å². The number of esters is 1. The Morgan fingerprint density at radius 3 is 2.27 bits per heavy atom. The second-order valence-corrected chi connectivity index (χ2v) is 7.78. The molecular formula is C17H27NO3S. The highest BCUT2D eigenvalue weighted by Crippen LogP contribution is 2.25. The first-order chi connectivity index (χ1) is 10.3. The highest BCUT2D eigenvalue weighted by molar-refractivity contribution is 7.86. The van der Waals surface area contributed by atoms with Crippen LogP contribution in [0.4, 0.5) is 5.69 Å². The molecule has 0 aliphatic heterocycles. The summed E-state index contributed by atoms with van der Waals surface area (Å²) < 4.78 is 18.8. The molecule has 0 saturated carbocycles. The van der Waals surface area contributed by atoms with E-state index in [1.54, 1.807) is 4.31 Å². The zero-order valence-corrected chi connectivity index (χ0v) is 15.0. The summed E-state index contributed by atoms with van der Waals surface area (Å²) in [5.74, 6) is 0.166. The lowest BCUT2D eigenvalue weighted by Crippen LogP contribution is -2.33. The number of carbonyl (C=O) groups is 1. The molecule has 0 bridgehead atoms. The van der Waals surface area contributed by atoms with Gasteiger partial charge in [-0.3, -0.25) is 9.10 Å². The van der Waals surface area contributed by atoms with Crippen molar-refractivity contribution in [1.29, 1.82) is 0 Å². The smallest absolute Gasteiger partial charge is 0.326 e. The van der Waals surface area contributed by atoms with E-state index in [0.717, 1.165) is 18.5 Å². The Hall–Kier alpha value is -1.36. The predicted molar refractivity (Wildman–Crippen MR) is 92.4 cm³/mol. The fraction of sp³-hybridized carbons (Fsp3) is 0.588. The molecule has 0 amide bonds. The van der Waals surface area contributed by atoms with Gasteiger partial charge in [0, 0.05) is 11.4 Å². The van der Waals surface area contributed by atoms with Crippen LogP contribution >= 0.6 is 0 Å². The lowest BCUT2D eigenvalue weighted by Gasteiger charge is -2.24. The van der Waals surface area contributed by atoms with Gasteiger partial charge >= 0.3 is 5.97 Å². The predicted octanol–water partition coefficient (Wildman–Crippen LogP) is 3.43. The molecule has 0 aliphatic rings. The van der Waals surface area contributed by atoms with Gasteiger partial charge in [0.1, 0.15) is 17.5 Å². The Bertz CT molecular complexity index is 506. The standard InChI is InChI=1S/C17H27NO3S/c1-6-7-12-22(20)18(13-16(19)21-5)15-10-8-14(9-11-15)17(2,3)4/h8-11H,6-7,12-13H2,1-5H3. The molecule has 124 valence electrons. The Balaban J connectivity index is 2.99. The van der Waals surface area contributed by atoms with E-state index in [9.17, 15) is 9.00 Å². The summed E-state index contributed by atoms with van der Waals surface area (Å²) in [6.07, 6.45) is 1.84. The summed E-state index contributed by atoms with van der Waals surface area (Å²) in [5.41, 5.74) is 2.05. The van der Waals surface area contributed by atoms with Crippen LogP contribution in [0.5, 0.6) is 0 Å². The molecule has 4 nitrogen and oxygen atoms in total. The molecule has 0 saturated heterocycles. The fourth-order valence-electron chi connectivity index (χ4n) is 1.97. The number of methoxy groups -OCH3 is 1. The molecule has 1 unspecified atom stereocenters. The van der Waals surface area contributed by atoms with Crippen molar-refractivity contribution in [3.63, 3.8) is 0 Å². The summed E-state index contributed by atoms with van der Waals surface area (Å²) in [7, 11) is 0.119. The van der Waals surface area contributed by atoms with Crippen LogP contribution in [0.2, 0.25) is 0 Å². The Morgan fingerprint density at radius 1 is 1.23 bits per heavy atom. The normalized spacial score (nSPS) is 12.8. The van der Waals surface area contributed by atoms with Crippen LogP contribution in [0.25, 0.3) is 0 Å². The van der Waals surface area contributed by atoms with Crippen molar-refractivity contribution in [2.45, 2.75) is 46.0 Å². The van der Waals surface area contributed by atoms with Crippen molar-refractivity contribution in [1.82, 2.24) is 0 Å². The second-order valence-electron chi connectivity index (χ2n) is 6.29. The van der Waals surface area contributed by atoms with Crippen LogP contribution in [0.15, 0.2) is 24.3 Å². The van der Waals surface area contributed by atoms with Gasteiger partial charge < -0.3 is 4.74 Å². The lowest BCUT2D eigenvalue weighted by atomic mass is 9.87. The van der Waals surface area contributed by atoms with E-state index in [1.807, 2.05) is 24.3 Å². The van der Waals surface area contributed by atoms with Gasteiger partial charge in [0.25, 0.3) is 0 Å². The van der Waals surface area contributed by atoms with E-state index in [2.05, 4.69) is 27.7 Å². The van der Waals surface area contributed by atoms with Gasteiger partial charge in [-0.2, -0.15) is 0 Å². The van der Waals surface area contributed by atoms with E-state index in [4.69, 9.17) is 4.74 Å². The monoisotopic (exact) mass is 325 g/mol. The van der Waals surface area contributed by atoms with Crippen molar-refractivity contribution in [3.8, 4) is 0 Å². The number of rotatable bonds is 7. The van der Waals surface area contributed by atoms with E-state index in [0.29, 0.717) is 5.75 Å².